The lowest BCUT2D eigenvalue weighted by Gasteiger charge is -2.16. The van der Waals surface area contributed by atoms with E-state index in [9.17, 15) is 10.1 Å². The molecule has 0 aliphatic rings. The molecule has 0 radical (unpaired) electrons. The Morgan fingerprint density at radius 3 is 2.80 bits per heavy atom. The van der Waals surface area contributed by atoms with Gasteiger partial charge in [0.05, 0.1) is 20.1 Å². The number of rotatable bonds is 5. The highest BCUT2D eigenvalue weighted by atomic mass is 32.1. The number of nitro groups is 1. The first-order valence-corrected chi connectivity index (χ1v) is 7.25. The van der Waals surface area contributed by atoms with Gasteiger partial charge in [-0.3, -0.25) is 10.1 Å². The first kappa shape index (κ1) is 14.7. The van der Waals surface area contributed by atoms with Crippen LogP contribution in [0.4, 0.5) is 11.4 Å². The lowest BCUT2D eigenvalue weighted by molar-refractivity contribution is -0.383. The number of nitrogens with zero attached hydrogens (tertiary/aromatic N) is 2. The highest BCUT2D eigenvalue weighted by Gasteiger charge is 2.18. The summed E-state index contributed by atoms with van der Waals surface area (Å²) in [6.07, 6.45) is 0. The fraction of sp³-hybridized carbons (Fsp3) is 0.462. The lowest BCUT2D eigenvalue weighted by Crippen LogP contribution is -2.34. The number of nitro benzene ring substituents is 1. The molecular formula is C13H18N4O2S. The standard InChI is InChI=1S/C13H18N4O2S/c1-7(2)9(14)6-15-10-4-11-13(20-8(3)16-11)5-12(10)17(18)19/h4-5,7,9,15H,6,14H2,1-3H3. The molecule has 0 spiro atoms. The molecule has 1 aromatic heterocycles. The zero-order valence-electron chi connectivity index (χ0n) is 11.7. The third kappa shape index (κ3) is 3.05. The SMILES string of the molecule is Cc1nc2cc(NCC(N)C(C)C)c([N+](=O)[O-])cc2s1. The van der Waals surface area contributed by atoms with Crippen molar-refractivity contribution in [2.75, 3.05) is 11.9 Å². The highest BCUT2D eigenvalue weighted by molar-refractivity contribution is 7.18. The maximum absolute atomic E-state index is 11.2. The average Bonchev–Trinajstić information content (AvgIpc) is 2.73. The van der Waals surface area contributed by atoms with Gasteiger partial charge < -0.3 is 11.1 Å². The van der Waals surface area contributed by atoms with Gasteiger partial charge in [-0.1, -0.05) is 13.8 Å². The number of hydrogen-bond acceptors (Lipinski definition) is 6. The minimum atomic E-state index is -0.377. The third-order valence-corrected chi connectivity index (χ3v) is 4.13. The Morgan fingerprint density at radius 2 is 2.20 bits per heavy atom. The molecule has 1 unspecified atom stereocenters. The Balaban J connectivity index is 2.34. The van der Waals surface area contributed by atoms with E-state index in [1.165, 1.54) is 11.3 Å². The number of fused-ring (bicyclic) bond motifs is 1. The van der Waals surface area contributed by atoms with Crippen molar-refractivity contribution in [3.63, 3.8) is 0 Å². The van der Waals surface area contributed by atoms with E-state index in [2.05, 4.69) is 10.3 Å². The van der Waals surface area contributed by atoms with E-state index in [1.54, 1.807) is 12.1 Å². The molecule has 2 rings (SSSR count). The van der Waals surface area contributed by atoms with Crippen LogP contribution < -0.4 is 11.1 Å². The monoisotopic (exact) mass is 294 g/mol. The summed E-state index contributed by atoms with van der Waals surface area (Å²) in [5.41, 5.74) is 7.28. The third-order valence-electron chi connectivity index (χ3n) is 3.19. The van der Waals surface area contributed by atoms with Crippen LogP contribution in [0.25, 0.3) is 10.2 Å². The molecule has 7 heteroatoms. The van der Waals surface area contributed by atoms with Crippen molar-refractivity contribution in [2.45, 2.75) is 26.8 Å². The number of hydrogen-bond donors (Lipinski definition) is 2. The number of aromatic nitrogens is 1. The highest BCUT2D eigenvalue weighted by Crippen LogP contribution is 2.32. The number of anilines is 1. The summed E-state index contributed by atoms with van der Waals surface area (Å²) in [7, 11) is 0. The van der Waals surface area contributed by atoms with Crippen molar-refractivity contribution in [2.24, 2.45) is 11.7 Å². The summed E-state index contributed by atoms with van der Waals surface area (Å²) in [4.78, 5) is 15.2. The normalized spacial score (nSPS) is 12.8. The van der Waals surface area contributed by atoms with Crippen molar-refractivity contribution in [1.82, 2.24) is 4.98 Å². The molecule has 0 saturated heterocycles. The van der Waals surface area contributed by atoms with Crippen molar-refractivity contribution >= 4 is 32.9 Å². The van der Waals surface area contributed by atoms with Crippen LogP contribution in [0.1, 0.15) is 18.9 Å². The first-order chi connectivity index (χ1) is 9.38. The Bertz CT molecular complexity index is 639. The van der Waals surface area contributed by atoms with E-state index in [0.717, 1.165) is 15.2 Å². The first-order valence-electron chi connectivity index (χ1n) is 6.43. The number of benzene rings is 1. The van der Waals surface area contributed by atoms with Gasteiger partial charge in [-0.15, -0.1) is 11.3 Å². The molecule has 0 fully saturated rings. The van der Waals surface area contributed by atoms with Crippen LogP contribution in [-0.2, 0) is 0 Å². The van der Waals surface area contributed by atoms with Crippen LogP contribution in [0.5, 0.6) is 0 Å². The molecule has 6 nitrogen and oxygen atoms in total. The molecule has 0 aliphatic carbocycles. The van der Waals surface area contributed by atoms with Crippen molar-refractivity contribution in [1.29, 1.82) is 0 Å². The van der Waals surface area contributed by atoms with Gasteiger partial charge in [-0.05, 0) is 18.9 Å². The number of thiazole rings is 1. The molecule has 108 valence electrons. The summed E-state index contributed by atoms with van der Waals surface area (Å²) in [5.74, 6) is 0.312. The van der Waals surface area contributed by atoms with Gasteiger partial charge in [0.25, 0.3) is 5.69 Å². The van der Waals surface area contributed by atoms with Gasteiger partial charge in [-0.25, -0.2) is 4.98 Å². The van der Waals surface area contributed by atoms with Crippen molar-refractivity contribution in [3.8, 4) is 0 Å². The van der Waals surface area contributed by atoms with Crippen LogP contribution in [-0.4, -0.2) is 22.5 Å². The fourth-order valence-electron chi connectivity index (χ4n) is 1.83. The molecule has 20 heavy (non-hydrogen) atoms. The van der Waals surface area contributed by atoms with Crippen LogP contribution in [0, 0.1) is 23.0 Å². The molecule has 0 saturated carbocycles. The second-order valence-corrected chi connectivity index (χ2v) is 6.35. The topological polar surface area (TPSA) is 94.1 Å². The Hall–Kier alpha value is -1.73. The largest absolute Gasteiger partial charge is 0.378 e. The zero-order chi connectivity index (χ0) is 14.9. The fourth-order valence-corrected chi connectivity index (χ4v) is 2.68. The van der Waals surface area contributed by atoms with E-state index in [0.29, 0.717) is 18.2 Å². The predicted octanol–water partition coefficient (Wildman–Crippen LogP) is 2.91. The van der Waals surface area contributed by atoms with E-state index in [1.807, 2.05) is 20.8 Å². The van der Waals surface area contributed by atoms with Gasteiger partial charge in [-0.2, -0.15) is 0 Å². The quantitative estimate of drug-likeness (QED) is 0.653. The van der Waals surface area contributed by atoms with E-state index < -0.39 is 0 Å². The summed E-state index contributed by atoms with van der Waals surface area (Å²) >= 11 is 1.45. The second kappa shape index (κ2) is 5.72. The summed E-state index contributed by atoms with van der Waals surface area (Å²) in [6, 6.07) is 3.25. The summed E-state index contributed by atoms with van der Waals surface area (Å²) in [6.45, 7) is 6.42. The molecule has 1 heterocycles. The number of nitrogens with one attached hydrogen (secondary N) is 1. The minimum absolute atomic E-state index is 0.0533. The van der Waals surface area contributed by atoms with Crippen molar-refractivity contribution < 1.29 is 4.92 Å². The molecular weight excluding hydrogens is 276 g/mol. The molecule has 2 aromatic rings. The second-order valence-electron chi connectivity index (χ2n) is 5.12. The van der Waals surface area contributed by atoms with E-state index in [-0.39, 0.29) is 16.7 Å². The summed E-state index contributed by atoms with van der Waals surface area (Å²) in [5, 5.41) is 15.1. The van der Waals surface area contributed by atoms with Crippen LogP contribution in [0.3, 0.4) is 0 Å². The predicted molar refractivity (Wildman–Crippen MR) is 82.3 cm³/mol. The average molecular weight is 294 g/mol. The van der Waals surface area contributed by atoms with Crippen LogP contribution in [0.2, 0.25) is 0 Å². The summed E-state index contributed by atoms with van der Waals surface area (Å²) < 4.78 is 0.827. The minimum Gasteiger partial charge on any atom is -0.378 e. The maximum atomic E-state index is 11.2. The zero-order valence-corrected chi connectivity index (χ0v) is 12.5. The van der Waals surface area contributed by atoms with Crippen molar-refractivity contribution in [3.05, 3.63) is 27.3 Å². The van der Waals surface area contributed by atoms with E-state index >= 15 is 0 Å². The molecule has 0 amide bonds. The number of aryl methyl sites for hydroxylation is 1. The molecule has 0 aliphatic heterocycles. The van der Waals surface area contributed by atoms with Gasteiger partial charge >= 0.3 is 0 Å². The Kier molecular flexibility index (Phi) is 4.20. The lowest BCUT2D eigenvalue weighted by atomic mass is 10.1. The van der Waals surface area contributed by atoms with Gasteiger partial charge in [0.1, 0.15) is 5.69 Å². The van der Waals surface area contributed by atoms with Gasteiger partial charge in [0, 0.05) is 18.7 Å². The van der Waals surface area contributed by atoms with Crippen LogP contribution in [0.15, 0.2) is 12.1 Å². The molecule has 1 atom stereocenters. The number of nitrogens with two attached hydrogens (primary N) is 1. The molecule has 3 N–H and O–H groups in total. The van der Waals surface area contributed by atoms with Gasteiger partial charge in [0.15, 0.2) is 0 Å². The van der Waals surface area contributed by atoms with Gasteiger partial charge in [0.2, 0.25) is 0 Å². The van der Waals surface area contributed by atoms with E-state index in [4.69, 9.17) is 5.73 Å². The smallest absolute Gasteiger partial charge is 0.293 e. The maximum Gasteiger partial charge on any atom is 0.293 e. The molecule has 1 aromatic carbocycles. The molecule has 0 bridgehead atoms. The van der Waals surface area contributed by atoms with Crippen LogP contribution >= 0.6 is 11.3 Å². The Labute approximate surface area is 121 Å². The Morgan fingerprint density at radius 1 is 1.50 bits per heavy atom.